The second-order valence-corrected chi connectivity index (χ2v) is 5.01. The van der Waals surface area contributed by atoms with E-state index in [9.17, 15) is 5.11 Å². The van der Waals surface area contributed by atoms with Crippen LogP contribution in [0.15, 0.2) is 16.6 Å². The van der Waals surface area contributed by atoms with Crippen LogP contribution in [0.4, 0.5) is 0 Å². The maximum atomic E-state index is 9.71. The van der Waals surface area contributed by atoms with E-state index in [1.807, 2.05) is 6.07 Å². The zero-order valence-electron chi connectivity index (χ0n) is 10.4. The minimum absolute atomic E-state index is 0.00708. The molecule has 0 aliphatic rings. The van der Waals surface area contributed by atoms with Crippen LogP contribution in [-0.4, -0.2) is 12.2 Å². The van der Waals surface area contributed by atoms with Gasteiger partial charge in [0.2, 0.25) is 0 Å². The molecule has 0 radical (unpaired) electrons. The predicted octanol–water partition coefficient (Wildman–Crippen LogP) is 3.74. The summed E-state index contributed by atoms with van der Waals surface area (Å²) in [6.07, 6.45) is 4.46. The topological polar surface area (TPSA) is 55.5 Å². The highest BCUT2D eigenvalue weighted by atomic mass is 79.9. The van der Waals surface area contributed by atoms with Crippen LogP contribution in [0.2, 0.25) is 0 Å². The molecular weight excluding hydrogens is 282 g/mol. The third kappa shape index (κ3) is 3.89. The van der Waals surface area contributed by atoms with Crippen LogP contribution < -0.4 is 10.5 Å². The maximum Gasteiger partial charge on any atom is 0.172 e. The van der Waals surface area contributed by atoms with Gasteiger partial charge < -0.3 is 15.6 Å². The van der Waals surface area contributed by atoms with Gasteiger partial charge in [-0.25, -0.2) is 0 Å². The van der Waals surface area contributed by atoms with Crippen LogP contribution in [-0.2, 0) is 0 Å². The first-order chi connectivity index (χ1) is 8.10. The Morgan fingerprint density at radius 1 is 1.41 bits per heavy atom. The number of phenolic OH excluding ortho intramolecular Hbond substituents is 1. The van der Waals surface area contributed by atoms with Crippen molar-refractivity contribution >= 4 is 15.9 Å². The number of rotatable bonds is 6. The van der Waals surface area contributed by atoms with Crippen molar-refractivity contribution in [3.63, 3.8) is 0 Å². The van der Waals surface area contributed by atoms with Crippen molar-refractivity contribution in [1.82, 2.24) is 0 Å². The van der Waals surface area contributed by atoms with E-state index in [2.05, 4.69) is 22.9 Å². The van der Waals surface area contributed by atoms with Gasteiger partial charge >= 0.3 is 0 Å². The van der Waals surface area contributed by atoms with Crippen molar-refractivity contribution in [2.24, 2.45) is 5.73 Å². The fraction of sp³-hybridized carbons (Fsp3) is 0.538. The van der Waals surface area contributed by atoms with Gasteiger partial charge in [0.05, 0.1) is 11.6 Å². The average Bonchev–Trinajstić information content (AvgIpc) is 2.32. The molecule has 0 saturated heterocycles. The van der Waals surface area contributed by atoms with Crippen LogP contribution in [0.3, 0.4) is 0 Å². The highest BCUT2D eigenvalue weighted by molar-refractivity contribution is 9.10. The minimum Gasteiger partial charge on any atom is -0.503 e. The van der Waals surface area contributed by atoms with Gasteiger partial charge in [-0.15, -0.1) is 0 Å². The fourth-order valence-electron chi connectivity index (χ4n) is 1.74. The first-order valence-electron chi connectivity index (χ1n) is 5.92. The summed E-state index contributed by atoms with van der Waals surface area (Å²) in [5, 5.41) is 9.71. The molecule has 17 heavy (non-hydrogen) atoms. The molecule has 0 aromatic heterocycles. The molecule has 0 amide bonds. The van der Waals surface area contributed by atoms with E-state index in [1.54, 1.807) is 6.07 Å². The molecule has 1 aromatic rings. The number of phenols is 1. The molecule has 0 aliphatic heterocycles. The molecule has 1 rings (SSSR count). The van der Waals surface area contributed by atoms with Gasteiger partial charge in [0.1, 0.15) is 0 Å². The van der Waals surface area contributed by atoms with E-state index in [-0.39, 0.29) is 11.8 Å². The van der Waals surface area contributed by atoms with Gasteiger partial charge in [0.25, 0.3) is 0 Å². The summed E-state index contributed by atoms with van der Waals surface area (Å²) in [4.78, 5) is 0. The molecule has 1 atom stereocenters. The van der Waals surface area contributed by atoms with Crippen molar-refractivity contribution in [3.8, 4) is 11.5 Å². The molecule has 96 valence electrons. The van der Waals surface area contributed by atoms with Crippen LogP contribution >= 0.6 is 15.9 Å². The first kappa shape index (κ1) is 14.3. The van der Waals surface area contributed by atoms with E-state index >= 15 is 0 Å². The number of ether oxygens (including phenoxy) is 1. The average molecular weight is 302 g/mol. The zero-order valence-corrected chi connectivity index (χ0v) is 12.0. The van der Waals surface area contributed by atoms with Crippen LogP contribution in [0.1, 0.15) is 44.2 Å². The SMILES string of the molecule is CCCCC[C@@H](N)c1cc(Br)c(O)c(OC)c1. The summed E-state index contributed by atoms with van der Waals surface area (Å²) >= 11 is 3.30. The van der Waals surface area contributed by atoms with Gasteiger partial charge in [0, 0.05) is 6.04 Å². The summed E-state index contributed by atoms with van der Waals surface area (Å²) < 4.78 is 5.73. The Hall–Kier alpha value is -0.740. The van der Waals surface area contributed by atoms with Crippen molar-refractivity contribution in [2.45, 2.75) is 38.6 Å². The number of halogens is 1. The quantitative estimate of drug-likeness (QED) is 0.787. The Morgan fingerprint density at radius 2 is 2.12 bits per heavy atom. The van der Waals surface area contributed by atoms with E-state index in [0.29, 0.717) is 10.2 Å². The summed E-state index contributed by atoms with van der Waals surface area (Å²) in [5.41, 5.74) is 7.11. The number of nitrogens with two attached hydrogens (primary N) is 1. The molecule has 0 saturated carbocycles. The van der Waals surface area contributed by atoms with Gasteiger partial charge in [-0.1, -0.05) is 26.2 Å². The lowest BCUT2D eigenvalue weighted by Crippen LogP contribution is -2.10. The summed E-state index contributed by atoms with van der Waals surface area (Å²) in [6.45, 7) is 2.17. The lowest BCUT2D eigenvalue weighted by molar-refractivity contribution is 0.370. The highest BCUT2D eigenvalue weighted by Crippen LogP contribution is 2.37. The summed E-state index contributed by atoms with van der Waals surface area (Å²) in [5.74, 6) is 0.581. The number of hydrogen-bond donors (Lipinski definition) is 2. The molecule has 0 bridgehead atoms. The number of unbranched alkanes of at least 4 members (excludes halogenated alkanes) is 2. The van der Waals surface area contributed by atoms with Gasteiger partial charge in [0.15, 0.2) is 11.5 Å². The number of hydrogen-bond acceptors (Lipinski definition) is 3. The molecule has 3 nitrogen and oxygen atoms in total. The molecule has 1 aromatic carbocycles. The Labute approximate surface area is 111 Å². The lowest BCUT2D eigenvalue weighted by atomic mass is 10.0. The smallest absolute Gasteiger partial charge is 0.172 e. The Balaban J connectivity index is 2.79. The Kier molecular flexibility index (Phi) is 5.78. The molecule has 0 fully saturated rings. The Bertz CT molecular complexity index is 369. The minimum atomic E-state index is -0.00708. The van der Waals surface area contributed by atoms with E-state index in [1.165, 1.54) is 20.0 Å². The Morgan fingerprint density at radius 3 is 2.71 bits per heavy atom. The lowest BCUT2D eigenvalue weighted by Gasteiger charge is -2.14. The number of aromatic hydroxyl groups is 1. The van der Waals surface area contributed by atoms with Gasteiger partial charge in [-0.3, -0.25) is 0 Å². The van der Waals surface area contributed by atoms with Crippen LogP contribution in [0.5, 0.6) is 11.5 Å². The van der Waals surface area contributed by atoms with Crippen molar-refractivity contribution in [3.05, 3.63) is 22.2 Å². The molecule has 3 N–H and O–H groups in total. The number of benzene rings is 1. The standard InChI is InChI=1S/C13H20BrNO2/c1-3-4-5-6-11(15)9-7-10(14)13(16)12(8-9)17-2/h7-8,11,16H,3-6,15H2,1-2H3/t11-/m1/s1. The predicted molar refractivity (Wildman–Crippen MR) is 73.4 cm³/mol. The second-order valence-electron chi connectivity index (χ2n) is 4.16. The summed E-state index contributed by atoms with van der Waals surface area (Å²) in [6, 6.07) is 3.65. The van der Waals surface area contributed by atoms with Crippen molar-refractivity contribution in [2.75, 3.05) is 7.11 Å². The first-order valence-corrected chi connectivity index (χ1v) is 6.71. The van der Waals surface area contributed by atoms with Crippen LogP contribution in [0, 0.1) is 0 Å². The molecule has 0 aliphatic carbocycles. The van der Waals surface area contributed by atoms with Crippen LogP contribution in [0.25, 0.3) is 0 Å². The van der Waals surface area contributed by atoms with E-state index < -0.39 is 0 Å². The fourth-order valence-corrected chi connectivity index (χ4v) is 2.20. The normalized spacial score (nSPS) is 12.5. The second kappa shape index (κ2) is 6.87. The largest absolute Gasteiger partial charge is 0.503 e. The van der Waals surface area contributed by atoms with E-state index in [4.69, 9.17) is 10.5 Å². The van der Waals surface area contributed by atoms with Crippen molar-refractivity contribution in [1.29, 1.82) is 0 Å². The van der Waals surface area contributed by atoms with Gasteiger partial charge in [-0.05, 0) is 40.0 Å². The van der Waals surface area contributed by atoms with Crippen molar-refractivity contribution < 1.29 is 9.84 Å². The molecule has 4 heteroatoms. The molecule has 0 spiro atoms. The number of methoxy groups -OCH3 is 1. The molecule has 0 heterocycles. The maximum absolute atomic E-state index is 9.71. The molecule has 0 unspecified atom stereocenters. The zero-order chi connectivity index (χ0) is 12.8. The molecular formula is C13H20BrNO2. The third-order valence-corrected chi connectivity index (χ3v) is 3.42. The third-order valence-electron chi connectivity index (χ3n) is 2.82. The highest BCUT2D eigenvalue weighted by Gasteiger charge is 2.13. The monoisotopic (exact) mass is 301 g/mol. The summed E-state index contributed by atoms with van der Waals surface area (Å²) in [7, 11) is 1.54. The van der Waals surface area contributed by atoms with E-state index in [0.717, 1.165) is 18.4 Å². The van der Waals surface area contributed by atoms with Gasteiger partial charge in [-0.2, -0.15) is 0 Å².